The number of methoxy groups -OCH3 is 1. The largest absolute Gasteiger partial charge is 0.463 e. The van der Waals surface area contributed by atoms with Gasteiger partial charge in [0.1, 0.15) is 30.1 Å². The lowest BCUT2D eigenvalue weighted by Gasteiger charge is -2.29. The van der Waals surface area contributed by atoms with E-state index in [9.17, 15) is 31.1 Å². The minimum absolute atomic E-state index is 0.00883. The molecule has 0 amide bonds. The van der Waals surface area contributed by atoms with Crippen molar-refractivity contribution in [2.45, 2.75) is 140 Å². The Labute approximate surface area is 321 Å². The number of aliphatic hydroxyl groups is 1. The number of carbonyl (C=O) groups is 1. The van der Waals surface area contributed by atoms with E-state index in [1.807, 2.05) is 6.07 Å². The van der Waals surface area contributed by atoms with E-state index < -0.39 is 23.7 Å². The predicted octanol–water partition coefficient (Wildman–Crippen LogP) is 7.48. The first kappa shape index (κ1) is 43.9. The van der Waals surface area contributed by atoms with Gasteiger partial charge in [-0.25, -0.2) is 61.0 Å². The van der Waals surface area contributed by atoms with Crippen molar-refractivity contribution in [3.8, 4) is 6.07 Å². The van der Waals surface area contributed by atoms with Gasteiger partial charge in [-0.2, -0.15) is 5.26 Å². The molecule has 13 nitrogen and oxygen atoms in total. The number of aromatic nitrogens is 6. The average molecular weight is 795 g/mol. The number of hydrogen-bond donors (Lipinski definition) is 4. The summed E-state index contributed by atoms with van der Waals surface area (Å²) in [5, 5.41) is 27.1. The van der Waals surface area contributed by atoms with E-state index in [0.717, 1.165) is 5.69 Å². The van der Waals surface area contributed by atoms with E-state index in [1.165, 1.54) is 7.11 Å². The molecule has 0 aliphatic heterocycles. The third-order valence-corrected chi connectivity index (χ3v) is 9.43. The molecule has 3 heterocycles. The van der Waals surface area contributed by atoms with E-state index >= 15 is 0 Å². The summed E-state index contributed by atoms with van der Waals surface area (Å²) < 4.78 is 82.8. The van der Waals surface area contributed by atoms with Crippen LogP contribution in [0.4, 0.5) is 43.8 Å². The highest BCUT2D eigenvalue weighted by molar-refractivity contribution is 5.85. The van der Waals surface area contributed by atoms with Gasteiger partial charge in [-0.3, -0.25) is 0 Å². The first-order chi connectivity index (χ1) is 26.4. The molecule has 3 aliphatic carbocycles. The highest BCUT2D eigenvalue weighted by atomic mass is 19.3. The quantitative estimate of drug-likeness (QED) is 0.130. The summed E-state index contributed by atoms with van der Waals surface area (Å²) in [5.74, 6) is -6.21. The molecule has 56 heavy (non-hydrogen) atoms. The van der Waals surface area contributed by atoms with Crippen LogP contribution in [0.25, 0.3) is 0 Å². The molecule has 6 rings (SSSR count). The maximum atomic E-state index is 13.1. The van der Waals surface area contributed by atoms with Crippen molar-refractivity contribution in [2.75, 3.05) is 23.1 Å². The van der Waals surface area contributed by atoms with Crippen LogP contribution in [-0.4, -0.2) is 84.0 Å². The smallest absolute Gasteiger partial charge is 0.376 e. The molecule has 0 unspecified atom stereocenters. The topological polar surface area (TPSA) is 184 Å². The molecular weight excluding hydrogens is 746 g/mol. The number of nitrogens with one attached hydrogen (secondary N) is 3. The van der Waals surface area contributed by atoms with Crippen molar-refractivity contribution in [1.82, 2.24) is 29.9 Å². The molecule has 4 N–H and O–H groups in total. The molecule has 3 aliphatic rings. The first-order valence-corrected chi connectivity index (χ1v) is 18.4. The van der Waals surface area contributed by atoms with Crippen LogP contribution in [0.15, 0.2) is 18.2 Å². The fourth-order valence-corrected chi connectivity index (χ4v) is 6.47. The number of hydrogen-bond acceptors (Lipinski definition) is 13. The maximum Gasteiger partial charge on any atom is 0.376 e. The predicted molar refractivity (Wildman–Crippen MR) is 195 cm³/mol. The molecule has 3 aromatic heterocycles. The monoisotopic (exact) mass is 794 g/mol. The van der Waals surface area contributed by atoms with Crippen molar-refractivity contribution in [2.24, 2.45) is 0 Å². The van der Waals surface area contributed by atoms with Gasteiger partial charge in [-0.05, 0) is 59.3 Å². The molecule has 19 heteroatoms. The molecule has 306 valence electrons. The maximum absolute atomic E-state index is 13.1. The Kier molecular flexibility index (Phi) is 15.1. The molecule has 0 atom stereocenters. The van der Waals surface area contributed by atoms with Gasteiger partial charge in [0.15, 0.2) is 5.82 Å². The third kappa shape index (κ3) is 14.3. The molecule has 3 fully saturated rings. The Morgan fingerprint density at radius 1 is 0.679 bits per heavy atom. The molecule has 0 spiro atoms. The van der Waals surface area contributed by atoms with Gasteiger partial charge in [0.2, 0.25) is 29.4 Å². The molecule has 0 aromatic carbocycles. The number of aliphatic hydroxyl groups excluding tert-OH is 1. The van der Waals surface area contributed by atoms with Crippen LogP contribution >= 0.6 is 0 Å². The normalized spacial score (nSPS) is 19.2. The van der Waals surface area contributed by atoms with Crippen LogP contribution in [0.5, 0.6) is 0 Å². The number of ether oxygens (including phenoxy) is 1. The molecule has 3 aromatic rings. The summed E-state index contributed by atoms with van der Waals surface area (Å²) >= 11 is 0. The SMILES string of the molecule is COC(=O)c1nc(C)cc(NC2CCC(F)(F)CC2)n1.Cc1cc(NC2CCC(F)(F)CC2)nc(C#N)n1.Cc1cc(NC2CCC(F)(F)CC2)nc(CO)n1. The highest BCUT2D eigenvalue weighted by Crippen LogP contribution is 2.36. The molecule has 0 saturated heterocycles. The van der Waals surface area contributed by atoms with Gasteiger partial charge < -0.3 is 25.8 Å². The van der Waals surface area contributed by atoms with Crippen LogP contribution in [-0.2, 0) is 11.3 Å². The Bertz CT molecular complexity index is 1800. The van der Waals surface area contributed by atoms with Crippen LogP contribution < -0.4 is 16.0 Å². The summed E-state index contributed by atoms with van der Waals surface area (Å²) in [6.45, 7) is 5.08. The van der Waals surface area contributed by atoms with Crippen molar-refractivity contribution >= 4 is 23.4 Å². The van der Waals surface area contributed by atoms with Crippen molar-refractivity contribution in [3.63, 3.8) is 0 Å². The lowest BCUT2D eigenvalue weighted by Crippen LogP contribution is -2.32. The number of esters is 1. The van der Waals surface area contributed by atoms with Gasteiger partial charge in [0.05, 0.1) is 7.11 Å². The van der Waals surface area contributed by atoms with Crippen molar-refractivity contribution in [1.29, 1.82) is 5.26 Å². The van der Waals surface area contributed by atoms with E-state index in [2.05, 4.69) is 50.6 Å². The zero-order chi connectivity index (χ0) is 41.1. The Hall–Kier alpha value is -4.86. The van der Waals surface area contributed by atoms with Gasteiger partial charge in [-0.15, -0.1) is 0 Å². The van der Waals surface area contributed by atoms with Gasteiger partial charge in [0.25, 0.3) is 0 Å². The van der Waals surface area contributed by atoms with Crippen LogP contribution in [0.2, 0.25) is 0 Å². The average Bonchev–Trinajstić information content (AvgIpc) is 3.14. The van der Waals surface area contributed by atoms with E-state index in [1.54, 1.807) is 39.0 Å². The second-order valence-corrected chi connectivity index (χ2v) is 14.3. The van der Waals surface area contributed by atoms with Gasteiger partial charge >= 0.3 is 5.97 Å². The highest BCUT2D eigenvalue weighted by Gasteiger charge is 2.37. The zero-order valence-corrected chi connectivity index (χ0v) is 31.8. The number of nitriles is 1. The van der Waals surface area contributed by atoms with Gasteiger partial charge in [-0.1, -0.05) is 0 Å². The number of anilines is 3. The fourth-order valence-electron chi connectivity index (χ4n) is 6.47. The molecular formula is C37H48F6N10O3. The lowest BCUT2D eigenvalue weighted by molar-refractivity contribution is -0.0366. The summed E-state index contributed by atoms with van der Waals surface area (Å²) in [7, 11) is 1.25. The number of aryl methyl sites for hydroxylation is 3. The van der Waals surface area contributed by atoms with E-state index in [4.69, 9.17) is 10.4 Å². The summed E-state index contributed by atoms with van der Waals surface area (Å²) in [6, 6.07) is 6.98. The second-order valence-electron chi connectivity index (χ2n) is 14.3. The summed E-state index contributed by atoms with van der Waals surface area (Å²) in [6.07, 6.45) is 1.85. The standard InChI is InChI=1S/C13H17F2N3O2.C12H14F2N4.C12H17F2N3O/c1-8-7-10(18-11(16-8)12(19)20-2)17-9-3-5-13(14,15)6-4-9;1-8-6-10(18-11(7-15)16-8)17-9-2-4-12(13,14)5-3-9;1-8-6-10(17-11(7-18)15-8)16-9-2-4-12(13,14)5-3-9/h7,9H,3-6H2,1-2H3,(H,16,17,18);6,9H,2-5H2,1H3,(H,16,17,18);6,9,18H,2-5,7H2,1H3,(H,15,16,17). The van der Waals surface area contributed by atoms with E-state index in [0.29, 0.717) is 73.2 Å². The van der Waals surface area contributed by atoms with Crippen molar-refractivity contribution < 1.29 is 41.0 Å². The number of nitrogens with zero attached hydrogens (tertiary/aromatic N) is 7. The fraction of sp³-hybridized carbons (Fsp3) is 0.622. The molecule has 0 radical (unpaired) electrons. The number of alkyl halides is 6. The summed E-state index contributed by atoms with van der Waals surface area (Å²) in [5.41, 5.74) is 2.05. The summed E-state index contributed by atoms with van der Waals surface area (Å²) in [4.78, 5) is 35.6. The number of halogens is 6. The number of carbonyl (C=O) groups excluding carboxylic acids is 1. The number of rotatable bonds is 8. The minimum Gasteiger partial charge on any atom is -0.463 e. The Morgan fingerprint density at radius 2 is 1.05 bits per heavy atom. The van der Waals surface area contributed by atoms with Crippen LogP contribution in [0.1, 0.15) is 116 Å². The molecule has 3 saturated carbocycles. The first-order valence-electron chi connectivity index (χ1n) is 18.4. The molecule has 0 bridgehead atoms. The lowest BCUT2D eigenvalue weighted by atomic mass is 9.92. The Balaban J connectivity index is 0.000000187. The Morgan fingerprint density at radius 3 is 1.45 bits per heavy atom. The third-order valence-electron chi connectivity index (χ3n) is 9.43. The van der Waals surface area contributed by atoms with Gasteiger partial charge in [0, 0.05) is 91.9 Å². The second kappa shape index (κ2) is 19.3. The van der Waals surface area contributed by atoms with E-state index in [-0.39, 0.29) is 74.9 Å². The minimum atomic E-state index is -2.56. The zero-order valence-electron chi connectivity index (χ0n) is 31.8. The van der Waals surface area contributed by atoms with Crippen LogP contribution in [0, 0.1) is 32.1 Å². The van der Waals surface area contributed by atoms with Crippen molar-refractivity contribution in [3.05, 3.63) is 52.8 Å². The van der Waals surface area contributed by atoms with Crippen LogP contribution in [0.3, 0.4) is 0 Å².